The van der Waals surface area contributed by atoms with Gasteiger partial charge in [0, 0.05) is 6.04 Å². The SMILES string of the molecule is CNC1CCN(CCC2CCCC2)CC1.Cl. The van der Waals surface area contributed by atoms with Crippen LogP contribution in [0.1, 0.15) is 44.9 Å². The number of nitrogens with zero attached hydrogens (tertiary/aromatic N) is 1. The monoisotopic (exact) mass is 246 g/mol. The summed E-state index contributed by atoms with van der Waals surface area (Å²) < 4.78 is 0. The van der Waals surface area contributed by atoms with Gasteiger partial charge in [-0.05, 0) is 51.9 Å². The van der Waals surface area contributed by atoms with Gasteiger partial charge in [0.1, 0.15) is 0 Å². The molecule has 96 valence electrons. The van der Waals surface area contributed by atoms with Crippen LogP contribution in [-0.2, 0) is 0 Å². The average molecular weight is 247 g/mol. The van der Waals surface area contributed by atoms with E-state index in [1.54, 1.807) is 0 Å². The molecule has 0 bridgehead atoms. The van der Waals surface area contributed by atoms with Crippen LogP contribution in [0, 0.1) is 5.92 Å². The van der Waals surface area contributed by atoms with Crippen molar-refractivity contribution >= 4 is 12.4 Å². The van der Waals surface area contributed by atoms with E-state index in [-0.39, 0.29) is 12.4 Å². The van der Waals surface area contributed by atoms with Crippen LogP contribution in [-0.4, -0.2) is 37.6 Å². The van der Waals surface area contributed by atoms with E-state index in [2.05, 4.69) is 17.3 Å². The van der Waals surface area contributed by atoms with E-state index >= 15 is 0 Å². The Balaban J connectivity index is 0.00000128. The molecule has 16 heavy (non-hydrogen) atoms. The molecule has 0 amide bonds. The normalized spacial score (nSPS) is 24.6. The maximum atomic E-state index is 3.39. The summed E-state index contributed by atoms with van der Waals surface area (Å²) in [7, 11) is 2.10. The molecular formula is C13H27ClN2. The van der Waals surface area contributed by atoms with E-state index in [4.69, 9.17) is 0 Å². The third kappa shape index (κ3) is 4.23. The zero-order chi connectivity index (χ0) is 10.5. The van der Waals surface area contributed by atoms with Gasteiger partial charge in [0.15, 0.2) is 0 Å². The van der Waals surface area contributed by atoms with Crippen molar-refractivity contribution in [1.29, 1.82) is 0 Å². The molecule has 0 radical (unpaired) electrons. The van der Waals surface area contributed by atoms with Gasteiger partial charge in [0.05, 0.1) is 0 Å². The fourth-order valence-electron chi connectivity index (χ4n) is 3.11. The summed E-state index contributed by atoms with van der Waals surface area (Å²) in [6, 6.07) is 0.785. The smallest absolute Gasteiger partial charge is 0.00884 e. The molecule has 0 spiro atoms. The van der Waals surface area contributed by atoms with Gasteiger partial charge in [-0.15, -0.1) is 12.4 Å². The number of halogens is 1. The number of piperidine rings is 1. The van der Waals surface area contributed by atoms with Gasteiger partial charge in [0.2, 0.25) is 0 Å². The molecule has 1 aliphatic heterocycles. The maximum absolute atomic E-state index is 3.39. The van der Waals surface area contributed by atoms with Gasteiger partial charge in [-0.25, -0.2) is 0 Å². The lowest BCUT2D eigenvalue weighted by Gasteiger charge is -2.32. The molecule has 1 saturated heterocycles. The highest BCUT2D eigenvalue weighted by atomic mass is 35.5. The Bertz CT molecular complexity index is 173. The summed E-state index contributed by atoms with van der Waals surface area (Å²) in [6.45, 7) is 4.00. The van der Waals surface area contributed by atoms with E-state index in [1.807, 2.05) is 0 Å². The van der Waals surface area contributed by atoms with Crippen LogP contribution in [0.5, 0.6) is 0 Å². The van der Waals surface area contributed by atoms with Crippen molar-refractivity contribution in [2.75, 3.05) is 26.7 Å². The largest absolute Gasteiger partial charge is 0.317 e. The number of nitrogens with one attached hydrogen (secondary N) is 1. The van der Waals surface area contributed by atoms with Gasteiger partial charge >= 0.3 is 0 Å². The van der Waals surface area contributed by atoms with E-state index in [9.17, 15) is 0 Å². The minimum Gasteiger partial charge on any atom is -0.317 e. The third-order valence-corrected chi connectivity index (χ3v) is 4.32. The lowest BCUT2D eigenvalue weighted by Crippen LogP contribution is -2.41. The lowest BCUT2D eigenvalue weighted by molar-refractivity contribution is 0.190. The first-order chi connectivity index (χ1) is 7.38. The van der Waals surface area contributed by atoms with Crippen molar-refractivity contribution in [3.8, 4) is 0 Å². The summed E-state index contributed by atoms with van der Waals surface area (Å²) >= 11 is 0. The highest BCUT2D eigenvalue weighted by Crippen LogP contribution is 2.27. The standard InChI is InChI=1S/C13H26N2.ClH/c1-14-13-7-10-15(11-8-13)9-6-12-4-2-3-5-12;/h12-14H,2-11H2,1H3;1H. The van der Waals surface area contributed by atoms with Crippen molar-refractivity contribution < 1.29 is 0 Å². The van der Waals surface area contributed by atoms with Crippen molar-refractivity contribution in [2.45, 2.75) is 51.0 Å². The number of likely N-dealkylation sites (tertiary alicyclic amines) is 1. The van der Waals surface area contributed by atoms with E-state index in [0.29, 0.717) is 0 Å². The second-order valence-corrected chi connectivity index (χ2v) is 5.34. The predicted octanol–water partition coefficient (Wildman–Crippen LogP) is 2.67. The molecule has 1 N–H and O–H groups in total. The molecule has 0 aromatic carbocycles. The highest BCUT2D eigenvalue weighted by Gasteiger charge is 2.20. The number of rotatable bonds is 4. The molecule has 2 nitrogen and oxygen atoms in total. The molecule has 1 saturated carbocycles. The lowest BCUT2D eigenvalue weighted by atomic mass is 10.0. The Morgan fingerprint density at radius 3 is 2.25 bits per heavy atom. The Morgan fingerprint density at radius 2 is 1.69 bits per heavy atom. The molecule has 1 aliphatic carbocycles. The number of hydrogen-bond acceptors (Lipinski definition) is 2. The van der Waals surface area contributed by atoms with Crippen LogP contribution in [0.2, 0.25) is 0 Å². The summed E-state index contributed by atoms with van der Waals surface area (Å²) in [4.78, 5) is 2.67. The molecular weight excluding hydrogens is 220 g/mol. The highest BCUT2D eigenvalue weighted by molar-refractivity contribution is 5.85. The van der Waals surface area contributed by atoms with E-state index in [0.717, 1.165) is 12.0 Å². The zero-order valence-electron chi connectivity index (χ0n) is 10.6. The third-order valence-electron chi connectivity index (χ3n) is 4.32. The van der Waals surface area contributed by atoms with Crippen molar-refractivity contribution in [1.82, 2.24) is 10.2 Å². The van der Waals surface area contributed by atoms with E-state index in [1.165, 1.54) is 64.6 Å². The molecule has 0 unspecified atom stereocenters. The summed E-state index contributed by atoms with van der Waals surface area (Å²) in [5, 5.41) is 3.39. The first-order valence-corrected chi connectivity index (χ1v) is 6.78. The topological polar surface area (TPSA) is 15.3 Å². The average Bonchev–Trinajstić information content (AvgIpc) is 2.80. The predicted molar refractivity (Wildman–Crippen MR) is 72.3 cm³/mol. The minimum absolute atomic E-state index is 0. The van der Waals surface area contributed by atoms with Gasteiger partial charge in [0.25, 0.3) is 0 Å². The number of hydrogen-bond donors (Lipinski definition) is 1. The molecule has 3 heteroatoms. The summed E-state index contributed by atoms with van der Waals surface area (Å²) in [6.07, 6.45) is 10.2. The van der Waals surface area contributed by atoms with Gasteiger partial charge in [-0.3, -0.25) is 0 Å². The van der Waals surface area contributed by atoms with Gasteiger partial charge in [-0.2, -0.15) is 0 Å². The van der Waals surface area contributed by atoms with Gasteiger partial charge < -0.3 is 10.2 Å². The first kappa shape index (κ1) is 14.3. The second kappa shape index (κ2) is 7.52. The Hall–Kier alpha value is 0.210. The molecule has 2 aliphatic rings. The van der Waals surface area contributed by atoms with Crippen LogP contribution in [0.25, 0.3) is 0 Å². The molecule has 1 heterocycles. The van der Waals surface area contributed by atoms with Crippen molar-refractivity contribution in [3.63, 3.8) is 0 Å². The molecule has 0 aromatic rings. The van der Waals surface area contributed by atoms with E-state index < -0.39 is 0 Å². The fraction of sp³-hybridized carbons (Fsp3) is 1.00. The van der Waals surface area contributed by atoms with Crippen LogP contribution < -0.4 is 5.32 Å². The molecule has 2 fully saturated rings. The van der Waals surface area contributed by atoms with Crippen LogP contribution >= 0.6 is 12.4 Å². The minimum atomic E-state index is 0. The second-order valence-electron chi connectivity index (χ2n) is 5.34. The van der Waals surface area contributed by atoms with Crippen LogP contribution in [0.4, 0.5) is 0 Å². The zero-order valence-corrected chi connectivity index (χ0v) is 11.4. The van der Waals surface area contributed by atoms with Crippen molar-refractivity contribution in [2.24, 2.45) is 5.92 Å². The van der Waals surface area contributed by atoms with Crippen molar-refractivity contribution in [3.05, 3.63) is 0 Å². The molecule has 0 aromatic heterocycles. The Labute approximate surface area is 107 Å². The quantitative estimate of drug-likeness (QED) is 0.821. The molecule has 2 rings (SSSR count). The fourth-order valence-corrected chi connectivity index (χ4v) is 3.11. The first-order valence-electron chi connectivity index (χ1n) is 6.78. The molecule has 0 atom stereocenters. The van der Waals surface area contributed by atoms with Gasteiger partial charge in [-0.1, -0.05) is 25.7 Å². The van der Waals surface area contributed by atoms with Crippen LogP contribution in [0.15, 0.2) is 0 Å². The Morgan fingerprint density at radius 1 is 1.06 bits per heavy atom. The summed E-state index contributed by atoms with van der Waals surface area (Å²) in [5.41, 5.74) is 0. The van der Waals surface area contributed by atoms with Crippen LogP contribution in [0.3, 0.4) is 0 Å². The summed E-state index contributed by atoms with van der Waals surface area (Å²) in [5.74, 6) is 1.06. The Kier molecular flexibility index (Phi) is 6.71. The maximum Gasteiger partial charge on any atom is 0.00884 e.